The maximum atomic E-state index is 13.0. The molecule has 0 radical (unpaired) electrons. The third-order valence-electron chi connectivity index (χ3n) is 5.35. The molecule has 0 aromatic heterocycles. The summed E-state index contributed by atoms with van der Waals surface area (Å²) < 4.78 is 4.86. The first kappa shape index (κ1) is 16.3. The van der Waals surface area contributed by atoms with Crippen molar-refractivity contribution >= 4 is 11.9 Å². The summed E-state index contributed by atoms with van der Waals surface area (Å²) in [5, 5.41) is 0. The van der Waals surface area contributed by atoms with Crippen molar-refractivity contribution in [3.63, 3.8) is 0 Å². The number of methoxy groups -OCH3 is 1. The van der Waals surface area contributed by atoms with E-state index in [9.17, 15) is 9.59 Å². The van der Waals surface area contributed by atoms with E-state index in [2.05, 4.69) is 20.8 Å². The highest BCUT2D eigenvalue weighted by Crippen LogP contribution is 2.40. The van der Waals surface area contributed by atoms with Crippen molar-refractivity contribution in [3.8, 4) is 0 Å². The monoisotopic (exact) mass is 295 g/mol. The van der Waals surface area contributed by atoms with Crippen LogP contribution < -0.4 is 0 Å². The molecular formula is C17H29NO3. The molecule has 4 atom stereocenters. The number of hydrogen-bond donors (Lipinski definition) is 0. The van der Waals surface area contributed by atoms with Gasteiger partial charge in [-0.15, -0.1) is 0 Å². The standard InChI is InChI=1S/C17H29NO3/c1-11(2)13-8-7-12(3)10-14(13)16(19)18-9-5-6-15(18)17(20)21-4/h11-15H,5-10H2,1-4H3/t12-,13+,14-,15?/m1/s1. The smallest absolute Gasteiger partial charge is 0.328 e. The largest absolute Gasteiger partial charge is 0.467 e. The first-order valence-corrected chi connectivity index (χ1v) is 8.34. The molecule has 21 heavy (non-hydrogen) atoms. The second-order valence-corrected chi connectivity index (χ2v) is 7.15. The maximum Gasteiger partial charge on any atom is 0.328 e. The number of rotatable bonds is 3. The van der Waals surface area contributed by atoms with Gasteiger partial charge in [0.1, 0.15) is 6.04 Å². The average molecular weight is 295 g/mol. The van der Waals surface area contributed by atoms with Gasteiger partial charge in [-0.1, -0.05) is 27.2 Å². The molecule has 1 aliphatic carbocycles. The minimum absolute atomic E-state index is 0.0824. The van der Waals surface area contributed by atoms with Gasteiger partial charge in [0.05, 0.1) is 7.11 Å². The van der Waals surface area contributed by atoms with Gasteiger partial charge in [0.15, 0.2) is 0 Å². The van der Waals surface area contributed by atoms with E-state index in [1.807, 2.05) is 0 Å². The van der Waals surface area contributed by atoms with Gasteiger partial charge in [0.2, 0.25) is 5.91 Å². The predicted molar refractivity (Wildman–Crippen MR) is 81.6 cm³/mol. The van der Waals surface area contributed by atoms with Gasteiger partial charge < -0.3 is 9.64 Å². The average Bonchev–Trinajstić information content (AvgIpc) is 2.94. The van der Waals surface area contributed by atoms with Crippen LogP contribution in [0.5, 0.6) is 0 Å². The zero-order valence-corrected chi connectivity index (χ0v) is 13.8. The summed E-state index contributed by atoms with van der Waals surface area (Å²) in [4.78, 5) is 26.7. The Bertz CT molecular complexity index is 393. The Morgan fingerprint density at radius 1 is 1.19 bits per heavy atom. The third-order valence-corrected chi connectivity index (χ3v) is 5.35. The molecule has 0 N–H and O–H groups in total. The summed E-state index contributed by atoms with van der Waals surface area (Å²) in [5.74, 6) is 1.59. The fourth-order valence-corrected chi connectivity index (χ4v) is 4.11. The van der Waals surface area contributed by atoms with E-state index in [1.54, 1.807) is 4.90 Å². The van der Waals surface area contributed by atoms with Crippen LogP contribution in [0, 0.1) is 23.7 Å². The molecule has 1 amide bonds. The van der Waals surface area contributed by atoms with Gasteiger partial charge in [-0.2, -0.15) is 0 Å². The molecule has 1 saturated heterocycles. The molecule has 2 aliphatic rings. The van der Waals surface area contributed by atoms with E-state index in [-0.39, 0.29) is 23.8 Å². The normalized spacial score (nSPS) is 33.3. The predicted octanol–water partition coefficient (Wildman–Crippen LogP) is 2.86. The Balaban J connectivity index is 2.14. The lowest BCUT2D eigenvalue weighted by molar-refractivity contribution is -0.154. The Morgan fingerprint density at radius 3 is 2.52 bits per heavy atom. The summed E-state index contributed by atoms with van der Waals surface area (Å²) >= 11 is 0. The Kier molecular flexibility index (Phi) is 5.28. The third kappa shape index (κ3) is 3.41. The Morgan fingerprint density at radius 2 is 1.90 bits per heavy atom. The molecule has 4 nitrogen and oxygen atoms in total. The van der Waals surface area contributed by atoms with Crippen LogP contribution in [0.3, 0.4) is 0 Å². The number of carbonyl (C=O) groups excluding carboxylic acids is 2. The van der Waals surface area contributed by atoms with E-state index < -0.39 is 0 Å². The van der Waals surface area contributed by atoms with Crippen LogP contribution >= 0.6 is 0 Å². The summed E-state index contributed by atoms with van der Waals surface area (Å²) in [6.07, 6.45) is 4.96. The van der Waals surface area contributed by atoms with Gasteiger partial charge in [0.25, 0.3) is 0 Å². The van der Waals surface area contributed by atoms with Crippen LogP contribution in [0.1, 0.15) is 52.9 Å². The first-order chi connectivity index (χ1) is 9.95. The summed E-state index contributed by atoms with van der Waals surface area (Å²) in [6, 6.07) is -0.354. The van der Waals surface area contributed by atoms with Crippen molar-refractivity contribution in [2.75, 3.05) is 13.7 Å². The zero-order chi connectivity index (χ0) is 15.6. The molecule has 4 heteroatoms. The van der Waals surface area contributed by atoms with Crippen molar-refractivity contribution in [1.29, 1.82) is 0 Å². The van der Waals surface area contributed by atoms with Crippen LogP contribution in [-0.4, -0.2) is 36.5 Å². The number of likely N-dealkylation sites (tertiary alicyclic amines) is 1. The molecule has 0 aromatic rings. The number of nitrogens with zero attached hydrogens (tertiary/aromatic N) is 1. The second-order valence-electron chi connectivity index (χ2n) is 7.15. The summed E-state index contributed by atoms with van der Waals surface area (Å²) in [6.45, 7) is 7.36. The van der Waals surface area contributed by atoms with E-state index in [0.717, 1.165) is 25.7 Å². The number of amides is 1. The SMILES string of the molecule is COC(=O)C1CCCN1C(=O)[C@@H]1C[C@H](C)CC[C@H]1C(C)C. The molecule has 0 aromatic carbocycles. The summed E-state index contributed by atoms with van der Waals surface area (Å²) in [7, 11) is 1.41. The number of esters is 1. The molecule has 1 heterocycles. The Labute approximate surface area is 128 Å². The first-order valence-electron chi connectivity index (χ1n) is 8.34. The van der Waals surface area contributed by atoms with Crippen LogP contribution in [0.4, 0.5) is 0 Å². The lowest BCUT2D eigenvalue weighted by Gasteiger charge is -2.39. The zero-order valence-electron chi connectivity index (χ0n) is 13.8. The van der Waals surface area contributed by atoms with E-state index in [0.29, 0.717) is 24.3 Å². The van der Waals surface area contributed by atoms with Crippen molar-refractivity contribution in [2.45, 2.75) is 58.9 Å². The van der Waals surface area contributed by atoms with Gasteiger partial charge in [-0.05, 0) is 43.4 Å². The molecule has 2 fully saturated rings. The van der Waals surface area contributed by atoms with Crippen molar-refractivity contribution in [1.82, 2.24) is 4.90 Å². The van der Waals surface area contributed by atoms with E-state index >= 15 is 0 Å². The van der Waals surface area contributed by atoms with Crippen LogP contribution in [-0.2, 0) is 14.3 Å². The van der Waals surface area contributed by atoms with Gasteiger partial charge in [-0.25, -0.2) is 4.79 Å². The molecule has 1 aliphatic heterocycles. The minimum atomic E-state index is -0.354. The minimum Gasteiger partial charge on any atom is -0.467 e. The molecule has 1 unspecified atom stereocenters. The molecule has 120 valence electrons. The number of hydrogen-bond acceptors (Lipinski definition) is 3. The summed E-state index contributed by atoms with van der Waals surface area (Å²) in [5.41, 5.74) is 0. The molecule has 0 spiro atoms. The van der Waals surface area contributed by atoms with Crippen molar-refractivity contribution < 1.29 is 14.3 Å². The lowest BCUT2D eigenvalue weighted by atomic mass is 9.69. The topological polar surface area (TPSA) is 46.6 Å². The highest BCUT2D eigenvalue weighted by Gasteiger charge is 2.42. The van der Waals surface area contributed by atoms with Crippen LogP contribution in [0.15, 0.2) is 0 Å². The number of carbonyl (C=O) groups is 2. The van der Waals surface area contributed by atoms with Crippen LogP contribution in [0.25, 0.3) is 0 Å². The highest BCUT2D eigenvalue weighted by atomic mass is 16.5. The molecule has 2 rings (SSSR count). The van der Waals surface area contributed by atoms with Crippen molar-refractivity contribution in [3.05, 3.63) is 0 Å². The van der Waals surface area contributed by atoms with Gasteiger partial charge >= 0.3 is 5.97 Å². The Hall–Kier alpha value is -1.06. The van der Waals surface area contributed by atoms with Crippen LogP contribution in [0.2, 0.25) is 0 Å². The highest BCUT2D eigenvalue weighted by molar-refractivity contribution is 5.86. The van der Waals surface area contributed by atoms with E-state index in [1.165, 1.54) is 13.5 Å². The maximum absolute atomic E-state index is 13.0. The molecule has 0 bridgehead atoms. The second kappa shape index (κ2) is 6.80. The molecular weight excluding hydrogens is 266 g/mol. The van der Waals surface area contributed by atoms with Crippen molar-refractivity contribution in [2.24, 2.45) is 23.7 Å². The fraction of sp³-hybridized carbons (Fsp3) is 0.882. The van der Waals surface area contributed by atoms with Gasteiger partial charge in [-0.3, -0.25) is 4.79 Å². The van der Waals surface area contributed by atoms with Gasteiger partial charge in [0, 0.05) is 12.5 Å². The molecule has 1 saturated carbocycles. The quantitative estimate of drug-likeness (QED) is 0.752. The lowest BCUT2D eigenvalue weighted by Crippen LogP contribution is -2.47. The number of ether oxygens (including phenoxy) is 1. The van der Waals surface area contributed by atoms with E-state index in [4.69, 9.17) is 4.74 Å². The fourth-order valence-electron chi connectivity index (χ4n) is 4.11.